The van der Waals surface area contributed by atoms with E-state index >= 15 is 0 Å². The lowest BCUT2D eigenvalue weighted by atomic mass is 9.72. The van der Waals surface area contributed by atoms with Gasteiger partial charge in [-0.15, -0.1) is 0 Å². The van der Waals surface area contributed by atoms with Crippen molar-refractivity contribution in [2.75, 3.05) is 5.33 Å². The van der Waals surface area contributed by atoms with Crippen molar-refractivity contribution in [2.45, 2.75) is 50.5 Å². The summed E-state index contributed by atoms with van der Waals surface area (Å²) in [5.41, 5.74) is -0.100. The predicted octanol–water partition coefficient (Wildman–Crippen LogP) is 3.04. The van der Waals surface area contributed by atoms with Crippen LogP contribution in [0, 0.1) is 5.92 Å². The van der Waals surface area contributed by atoms with Gasteiger partial charge in [0.2, 0.25) is 0 Å². The number of ether oxygens (including phenoxy) is 1. The Bertz CT molecular complexity index is 225. The van der Waals surface area contributed by atoms with Crippen molar-refractivity contribution in [3.8, 4) is 0 Å². The van der Waals surface area contributed by atoms with Crippen molar-refractivity contribution < 1.29 is 9.53 Å². The highest BCUT2D eigenvalue weighted by molar-refractivity contribution is 9.09. The minimum absolute atomic E-state index is 0.0177. The summed E-state index contributed by atoms with van der Waals surface area (Å²) in [6, 6.07) is 0. The molecule has 0 amide bonds. The zero-order chi connectivity index (χ0) is 10.0. The number of hydrogen-bond donors (Lipinski definition) is 0. The monoisotopic (exact) mass is 260 g/mol. The molecule has 2 atom stereocenters. The number of esters is 1. The number of alkyl halides is 1. The van der Waals surface area contributed by atoms with Crippen LogP contribution < -0.4 is 0 Å². The second kappa shape index (κ2) is 4.21. The Labute approximate surface area is 93.5 Å². The third-order valence-electron chi connectivity index (χ3n) is 3.63. The largest absolute Gasteiger partial charge is 0.459 e. The first-order valence-corrected chi connectivity index (χ1v) is 6.67. The second-order valence-electron chi connectivity index (χ2n) is 4.49. The fourth-order valence-electron chi connectivity index (χ4n) is 2.82. The van der Waals surface area contributed by atoms with Crippen LogP contribution in [0.3, 0.4) is 0 Å². The van der Waals surface area contributed by atoms with E-state index in [4.69, 9.17) is 4.74 Å². The highest BCUT2D eigenvalue weighted by Crippen LogP contribution is 2.43. The third kappa shape index (κ3) is 1.83. The summed E-state index contributed by atoms with van der Waals surface area (Å²) in [6.45, 7) is 0. The van der Waals surface area contributed by atoms with Gasteiger partial charge in [0.05, 0.1) is 0 Å². The Morgan fingerprint density at radius 2 is 2.14 bits per heavy atom. The van der Waals surface area contributed by atoms with Crippen molar-refractivity contribution in [3.05, 3.63) is 0 Å². The predicted molar refractivity (Wildman–Crippen MR) is 58.4 cm³/mol. The fourth-order valence-corrected chi connectivity index (χ4v) is 3.74. The summed E-state index contributed by atoms with van der Waals surface area (Å²) < 4.78 is 5.65. The number of carbonyl (C=O) groups excluding carboxylic acids is 1. The maximum Gasteiger partial charge on any atom is 0.306 e. The molecule has 1 aliphatic carbocycles. The van der Waals surface area contributed by atoms with Gasteiger partial charge in [0.25, 0.3) is 0 Å². The van der Waals surface area contributed by atoms with E-state index in [0.717, 1.165) is 24.6 Å². The van der Waals surface area contributed by atoms with Gasteiger partial charge in [-0.05, 0) is 32.1 Å². The fraction of sp³-hybridized carbons (Fsp3) is 0.909. The molecule has 0 aromatic heterocycles. The molecule has 1 heterocycles. The number of hydrogen-bond acceptors (Lipinski definition) is 2. The second-order valence-corrected chi connectivity index (χ2v) is 5.14. The van der Waals surface area contributed by atoms with Crippen molar-refractivity contribution >= 4 is 21.9 Å². The summed E-state index contributed by atoms with van der Waals surface area (Å²) in [5.74, 6) is 0.560. The molecular formula is C11H17BrO2. The first-order chi connectivity index (χ1) is 6.77. The van der Waals surface area contributed by atoms with Crippen LogP contribution in [0.5, 0.6) is 0 Å². The van der Waals surface area contributed by atoms with Crippen LogP contribution in [0.2, 0.25) is 0 Å². The van der Waals surface area contributed by atoms with Crippen LogP contribution in [0.1, 0.15) is 44.9 Å². The van der Waals surface area contributed by atoms with Gasteiger partial charge >= 0.3 is 5.97 Å². The van der Waals surface area contributed by atoms with Gasteiger partial charge in [-0.2, -0.15) is 0 Å². The molecule has 3 heteroatoms. The van der Waals surface area contributed by atoms with E-state index in [2.05, 4.69) is 15.9 Å². The summed E-state index contributed by atoms with van der Waals surface area (Å²) in [5, 5.41) is 0.972. The SMILES string of the molecule is O=C1CCC[C@]2(CCCC[C@H]2CBr)O1. The quantitative estimate of drug-likeness (QED) is 0.535. The Balaban J connectivity index is 2.12. The van der Waals surface area contributed by atoms with Crippen molar-refractivity contribution in [3.63, 3.8) is 0 Å². The Morgan fingerprint density at radius 3 is 2.86 bits per heavy atom. The molecule has 14 heavy (non-hydrogen) atoms. The van der Waals surface area contributed by atoms with Crippen LogP contribution in [0.15, 0.2) is 0 Å². The number of rotatable bonds is 1. The topological polar surface area (TPSA) is 26.3 Å². The zero-order valence-electron chi connectivity index (χ0n) is 8.43. The molecule has 0 bridgehead atoms. The standard InChI is InChI=1S/C11H17BrO2/c12-8-9-4-1-2-6-11(9)7-3-5-10(13)14-11/h9H,1-8H2/t9-,11-/m0/s1. The highest BCUT2D eigenvalue weighted by Gasteiger charge is 2.45. The maximum absolute atomic E-state index is 11.4. The maximum atomic E-state index is 11.4. The Morgan fingerprint density at radius 1 is 1.36 bits per heavy atom. The van der Waals surface area contributed by atoms with Crippen LogP contribution in [-0.4, -0.2) is 16.9 Å². The molecule has 1 saturated heterocycles. The first-order valence-electron chi connectivity index (χ1n) is 5.55. The first kappa shape index (κ1) is 10.5. The van der Waals surface area contributed by atoms with Gasteiger partial charge in [0.15, 0.2) is 0 Å². The number of carbonyl (C=O) groups is 1. The average Bonchev–Trinajstić information content (AvgIpc) is 2.18. The van der Waals surface area contributed by atoms with Gasteiger partial charge in [-0.25, -0.2) is 0 Å². The average molecular weight is 261 g/mol. The van der Waals surface area contributed by atoms with E-state index in [-0.39, 0.29) is 11.6 Å². The highest BCUT2D eigenvalue weighted by atomic mass is 79.9. The van der Waals surface area contributed by atoms with E-state index in [1.807, 2.05) is 0 Å². The van der Waals surface area contributed by atoms with E-state index in [1.165, 1.54) is 19.3 Å². The van der Waals surface area contributed by atoms with E-state index < -0.39 is 0 Å². The molecule has 0 radical (unpaired) electrons. The summed E-state index contributed by atoms with van der Waals surface area (Å²) >= 11 is 3.55. The summed E-state index contributed by atoms with van der Waals surface area (Å²) in [4.78, 5) is 11.4. The molecule has 1 saturated carbocycles. The molecule has 2 rings (SSSR count). The van der Waals surface area contributed by atoms with Crippen molar-refractivity contribution in [1.82, 2.24) is 0 Å². The van der Waals surface area contributed by atoms with Crippen LogP contribution in [-0.2, 0) is 9.53 Å². The van der Waals surface area contributed by atoms with Gasteiger partial charge in [-0.3, -0.25) is 4.79 Å². The van der Waals surface area contributed by atoms with E-state index in [0.29, 0.717) is 12.3 Å². The van der Waals surface area contributed by atoms with E-state index in [1.54, 1.807) is 0 Å². The van der Waals surface area contributed by atoms with Gasteiger partial charge in [0.1, 0.15) is 5.60 Å². The lowest BCUT2D eigenvalue weighted by Gasteiger charge is -2.45. The molecule has 0 N–H and O–H groups in total. The van der Waals surface area contributed by atoms with Crippen molar-refractivity contribution in [2.24, 2.45) is 5.92 Å². The van der Waals surface area contributed by atoms with Gasteiger partial charge in [-0.1, -0.05) is 22.4 Å². The minimum atomic E-state index is -0.100. The molecule has 0 aromatic carbocycles. The third-order valence-corrected chi connectivity index (χ3v) is 4.41. The summed E-state index contributed by atoms with van der Waals surface area (Å²) in [7, 11) is 0. The molecule has 1 aliphatic heterocycles. The van der Waals surface area contributed by atoms with Gasteiger partial charge in [0, 0.05) is 17.7 Å². The van der Waals surface area contributed by atoms with Crippen LogP contribution in [0.4, 0.5) is 0 Å². The summed E-state index contributed by atoms with van der Waals surface area (Å²) in [6.07, 6.45) is 7.51. The van der Waals surface area contributed by atoms with Crippen LogP contribution in [0.25, 0.3) is 0 Å². The molecule has 1 spiro atoms. The van der Waals surface area contributed by atoms with Crippen LogP contribution >= 0.6 is 15.9 Å². The zero-order valence-corrected chi connectivity index (χ0v) is 10.0. The smallest absolute Gasteiger partial charge is 0.306 e. The minimum Gasteiger partial charge on any atom is -0.459 e. The Kier molecular flexibility index (Phi) is 3.15. The lowest BCUT2D eigenvalue weighted by molar-refractivity contribution is -0.178. The molecule has 80 valence electrons. The molecule has 2 fully saturated rings. The molecular weight excluding hydrogens is 244 g/mol. The molecule has 0 aromatic rings. The number of halogens is 1. The molecule has 0 unspecified atom stereocenters. The molecule has 2 aliphatic rings. The lowest BCUT2D eigenvalue weighted by Crippen LogP contribution is -2.47. The van der Waals surface area contributed by atoms with Crippen molar-refractivity contribution in [1.29, 1.82) is 0 Å². The molecule has 2 nitrogen and oxygen atoms in total. The van der Waals surface area contributed by atoms with E-state index in [9.17, 15) is 4.79 Å². The Hall–Kier alpha value is -0.0500. The van der Waals surface area contributed by atoms with Gasteiger partial charge < -0.3 is 4.74 Å². The normalized spacial score (nSPS) is 38.4.